The summed E-state index contributed by atoms with van der Waals surface area (Å²) < 4.78 is 28.5. The van der Waals surface area contributed by atoms with E-state index in [-0.39, 0.29) is 21.8 Å². The third-order valence-electron chi connectivity index (χ3n) is 4.81. The molecule has 0 aliphatic heterocycles. The number of hydrogen-bond acceptors (Lipinski definition) is 3. The lowest BCUT2D eigenvalue weighted by Gasteiger charge is -2.11. The number of benzene rings is 1. The van der Waals surface area contributed by atoms with E-state index in [0.717, 1.165) is 5.56 Å². The quantitative estimate of drug-likeness (QED) is 0.866. The van der Waals surface area contributed by atoms with Crippen LogP contribution >= 0.6 is 15.9 Å². The van der Waals surface area contributed by atoms with E-state index in [4.69, 9.17) is 5.73 Å². The highest BCUT2D eigenvalue weighted by molar-refractivity contribution is 9.10. The summed E-state index contributed by atoms with van der Waals surface area (Å²) in [4.78, 5) is 0.249. The first kappa shape index (κ1) is 15.9. The summed E-state index contributed by atoms with van der Waals surface area (Å²) in [5.74, 6) is 0. The molecule has 1 aromatic rings. The van der Waals surface area contributed by atoms with E-state index in [0.29, 0.717) is 11.0 Å². The molecular weight excluding hydrogens is 340 g/mol. The van der Waals surface area contributed by atoms with Crippen LogP contribution in [-0.2, 0) is 16.6 Å². The molecule has 0 radical (unpaired) electrons. The summed E-state index contributed by atoms with van der Waals surface area (Å²) in [6.07, 6.45) is 0. The molecule has 0 heterocycles. The van der Waals surface area contributed by atoms with Crippen molar-refractivity contribution in [1.29, 1.82) is 0 Å². The number of hydrogen-bond donors (Lipinski definition) is 2. The van der Waals surface area contributed by atoms with Crippen LogP contribution in [0.1, 0.15) is 33.3 Å². The molecule has 1 saturated carbocycles. The minimum absolute atomic E-state index is 0.0436. The van der Waals surface area contributed by atoms with Gasteiger partial charge in [-0.25, -0.2) is 13.1 Å². The van der Waals surface area contributed by atoms with Crippen LogP contribution in [0.2, 0.25) is 0 Å². The van der Waals surface area contributed by atoms with Crippen molar-refractivity contribution in [1.82, 2.24) is 4.72 Å². The molecule has 1 aromatic carbocycles. The zero-order chi connectivity index (χ0) is 15.3. The highest BCUT2D eigenvalue weighted by Crippen LogP contribution is 2.63. The Bertz CT molecular complexity index is 625. The monoisotopic (exact) mass is 360 g/mol. The normalized spacial score (nSPS) is 20.9. The third-order valence-corrected chi connectivity index (χ3v) is 7.23. The maximum absolute atomic E-state index is 12.6. The Balaban J connectivity index is 2.33. The van der Waals surface area contributed by atoms with Crippen molar-refractivity contribution in [2.75, 3.05) is 0 Å². The van der Waals surface area contributed by atoms with Crippen molar-refractivity contribution in [3.63, 3.8) is 0 Å². The number of sulfonamides is 1. The van der Waals surface area contributed by atoms with Gasteiger partial charge in [0.1, 0.15) is 0 Å². The number of rotatable bonds is 4. The minimum Gasteiger partial charge on any atom is -0.326 e. The highest BCUT2D eigenvalue weighted by Gasteiger charge is 2.66. The Hall–Kier alpha value is -0.430. The number of nitrogens with two attached hydrogens (primary N) is 1. The lowest BCUT2D eigenvalue weighted by molar-refractivity contribution is 0.457. The molecule has 1 fully saturated rings. The second kappa shape index (κ2) is 4.80. The second-order valence-electron chi connectivity index (χ2n) is 6.47. The van der Waals surface area contributed by atoms with Gasteiger partial charge in [-0.3, -0.25) is 0 Å². The molecule has 4 nitrogen and oxygen atoms in total. The van der Waals surface area contributed by atoms with Gasteiger partial charge in [-0.2, -0.15) is 0 Å². The number of nitrogens with one attached hydrogen (secondary N) is 1. The lowest BCUT2D eigenvalue weighted by atomic mass is 10.0. The Morgan fingerprint density at radius 3 is 2.25 bits per heavy atom. The second-order valence-corrected chi connectivity index (χ2v) is 9.00. The van der Waals surface area contributed by atoms with Crippen molar-refractivity contribution in [3.8, 4) is 0 Å². The Kier molecular flexibility index (Phi) is 3.83. The van der Waals surface area contributed by atoms with Crippen LogP contribution in [0.25, 0.3) is 0 Å². The largest absolute Gasteiger partial charge is 0.326 e. The van der Waals surface area contributed by atoms with Gasteiger partial charge in [0.05, 0.1) is 4.90 Å². The molecule has 2 rings (SSSR count). The molecule has 1 aliphatic carbocycles. The first-order valence-corrected chi connectivity index (χ1v) is 8.82. The Morgan fingerprint density at radius 2 is 1.80 bits per heavy atom. The molecule has 0 saturated heterocycles. The Labute approximate surface area is 129 Å². The van der Waals surface area contributed by atoms with Crippen LogP contribution in [0.3, 0.4) is 0 Å². The number of halogens is 1. The van der Waals surface area contributed by atoms with Gasteiger partial charge in [0, 0.05) is 17.1 Å². The molecule has 0 spiro atoms. The van der Waals surface area contributed by atoms with E-state index in [1.807, 2.05) is 6.07 Å². The summed E-state index contributed by atoms with van der Waals surface area (Å²) in [6.45, 7) is 8.62. The van der Waals surface area contributed by atoms with E-state index in [9.17, 15) is 8.42 Å². The van der Waals surface area contributed by atoms with E-state index >= 15 is 0 Å². The molecule has 0 unspecified atom stereocenters. The molecule has 0 atom stereocenters. The fourth-order valence-electron chi connectivity index (χ4n) is 2.59. The molecule has 112 valence electrons. The molecular formula is C14H21BrN2O2S. The van der Waals surface area contributed by atoms with Crippen LogP contribution in [0.15, 0.2) is 27.6 Å². The van der Waals surface area contributed by atoms with Crippen molar-refractivity contribution >= 4 is 26.0 Å². The fourth-order valence-corrected chi connectivity index (χ4v) is 5.13. The zero-order valence-corrected chi connectivity index (χ0v) is 14.6. The molecule has 1 aliphatic rings. The maximum Gasteiger partial charge on any atom is 0.241 e. The maximum atomic E-state index is 12.6. The lowest BCUT2D eigenvalue weighted by Crippen LogP contribution is -2.30. The SMILES string of the molecule is CC1(C)C(NS(=O)(=O)c2cc(CN)ccc2Br)C1(C)C. The molecule has 20 heavy (non-hydrogen) atoms. The summed E-state index contributed by atoms with van der Waals surface area (Å²) in [5, 5.41) is 0. The van der Waals surface area contributed by atoms with Gasteiger partial charge in [0.15, 0.2) is 0 Å². The van der Waals surface area contributed by atoms with Crippen molar-refractivity contribution in [2.24, 2.45) is 16.6 Å². The van der Waals surface area contributed by atoms with E-state index in [2.05, 4.69) is 48.3 Å². The average Bonchev–Trinajstić information content (AvgIpc) is 2.72. The van der Waals surface area contributed by atoms with Gasteiger partial charge in [0.2, 0.25) is 10.0 Å². The van der Waals surface area contributed by atoms with Gasteiger partial charge in [-0.1, -0.05) is 33.8 Å². The standard InChI is InChI=1S/C14H21BrN2O2S/c1-13(2)12(14(13,3)4)17-20(18,19)11-7-9(8-16)5-6-10(11)15/h5-7,12,17H,8,16H2,1-4H3. The van der Waals surface area contributed by atoms with Gasteiger partial charge in [0.25, 0.3) is 0 Å². The van der Waals surface area contributed by atoms with Gasteiger partial charge < -0.3 is 5.73 Å². The topological polar surface area (TPSA) is 72.2 Å². The molecule has 6 heteroatoms. The minimum atomic E-state index is -3.55. The van der Waals surface area contributed by atoms with Crippen molar-refractivity contribution in [3.05, 3.63) is 28.2 Å². The van der Waals surface area contributed by atoms with Crippen LogP contribution < -0.4 is 10.5 Å². The Morgan fingerprint density at radius 1 is 1.25 bits per heavy atom. The van der Waals surface area contributed by atoms with Crippen LogP contribution in [0.4, 0.5) is 0 Å². The summed E-state index contributed by atoms with van der Waals surface area (Å²) >= 11 is 3.30. The van der Waals surface area contributed by atoms with E-state index in [1.54, 1.807) is 12.1 Å². The van der Waals surface area contributed by atoms with Crippen LogP contribution in [-0.4, -0.2) is 14.5 Å². The first-order valence-electron chi connectivity index (χ1n) is 6.55. The van der Waals surface area contributed by atoms with Gasteiger partial charge in [-0.15, -0.1) is 0 Å². The fraction of sp³-hybridized carbons (Fsp3) is 0.571. The molecule has 0 aromatic heterocycles. The summed E-state index contributed by atoms with van der Waals surface area (Å²) in [5.41, 5.74) is 6.29. The van der Waals surface area contributed by atoms with Gasteiger partial charge in [-0.05, 0) is 44.5 Å². The smallest absolute Gasteiger partial charge is 0.241 e. The predicted octanol–water partition coefficient (Wildman–Crippen LogP) is 2.62. The molecule has 0 bridgehead atoms. The van der Waals surface area contributed by atoms with Crippen LogP contribution in [0, 0.1) is 10.8 Å². The third kappa shape index (κ3) is 2.43. The zero-order valence-electron chi connectivity index (χ0n) is 12.2. The van der Waals surface area contributed by atoms with E-state index in [1.165, 1.54) is 0 Å². The first-order chi connectivity index (χ1) is 9.04. The summed E-state index contributed by atoms with van der Waals surface area (Å²) in [7, 11) is -3.55. The van der Waals surface area contributed by atoms with E-state index < -0.39 is 10.0 Å². The van der Waals surface area contributed by atoms with Crippen molar-refractivity contribution < 1.29 is 8.42 Å². The van der Waals surface area contributed by atoms with Crippen molar-refractivity contribution in [2.45, 2.75) is 45.2 Å². The highest BCUT2D eigenvalue weighted by atomic mass is 79.9. The summed E-state index contributed by atoms with van der Waals surface area (Å²) in [6, 6.07) is 5.09. The molecule has 0 amide bonds. The van der Waals surface area contributed by atoms with Gasteiger partial charge >= 0.3 is 0 Å². The van der Waals surface area contributed by atoms with Crippen LogP contribution in [0.5, 0.6) is 0 Å². The molecule has 3 N–H and O–H groups in total. The average molecular weight is 361 g/mol. The predicted molar refractivity (Wildman–Crippen MR) is 83.7 cm³/mol.